The van der Waals surface area contributed by atoms with Crippen LogP contribution in [0.1, 0.15) is 40.8 Å². The maximum absolute atomic E-state index is 5.54. The smallest absolute Gasteiger partial charge is 0.107 e. The fourth-order valence-electron chi connectivity index (χ4n) is 1.91. The first kappa shape index (κ1) is 12.3. The van der Waals surface area contributed by atoms with E-state index in [1.807, 2.05) is 20.8 Å². The van der Waals surface area contributed by atoms with Gasteiger partial charge in [0.2, 0.25) is 0 Å². The molecule has 0 fully saturated rings. The number of nitrogens with zero attached hydrogens (tertiary/aromatic N) is 1. The summed E-state index contributed by atoms with van der Waals surface area (Å²) in [6, 6.07) is 2.39. The molecule has 3 nitrogen and oxygen atoms in total. The Labute approximate surface area is 106 Å². The van der Waals surface area contributed by atoms with Crippen molar-refractivity contribution in [3.05, 3.63) is 39.2 Å². The van der Waals surface area contributed by atoms with E-state index in [0.717, 1.165) is 28.8 Å². The van der Waals surface area contributed by atoms with E-state index in [9.17, 15) is 0 Å². The minimum atomic E-state index is 0.289. The zero-order valence-corrected chi connectivity index (χ0v) is 11.5. The van der Waals surface area contributed by atoms with Crippen LogP contribution in [0, 0.1) is 20.8 Å². The number of aryl methyl sites for hydroxylation is 3. The van der Waals surface area contributed by atoms with E-state index in [-0.39, 0.29) is 6.04 Å². The van der Waals surface area contributed by atoms with Crippen molar-refractivity contribution in [2.24, 2.45) is 0 Å². The first-order valence-corrected chi connectivity index (χ1v) is 6.65. The molecular formula is C13H18N2OS. The molecule has 0 aliphatic carbocycles. The molecule has 2 heterocycles. The van der Waals surface area contributed by atoms with Crippen LogP contribution in [0.2, 0.25) is 0 Å². The number of rotatable bonds is 4. The molecule has 2 aromatic heterocycles. The van der Waals surface area contributed by atoms with Gasteiger partial charge in [-0.15, -0.1) is 11.3 Å². The van der Waals surface area contributed by atoms with Crippen molar-refractivity contribution < 1.29 is 4.42 Å². The lowest BCUT2D eigenvalue weighted by Gasteiger charge is -2.11. The number of furan rings is 1. The zero-order chi connectivity index (χ0) is 12.4. The van der Waals surface area contributed by atoms with Crippen molar-refractivity contribution in [2.75, 3.05) is 0 Å². The third-order valence-electron chi connectivity index (χ3n) is 2.77. The molecule has 0 amide bonds. The average Bonchev–Trinajstić information content (AvgIpc) is 2.81. The first-order valence-electron chi connectivity index (χ1n) is 5.77. The van der Waals surface area contributed by atoms with E-state index in [0.29, 0.717) is 0 Å². The molecule has 92 valence electrons. The number of thiazole rings is 1. The standard InChI is InChI=1S/C13H18N2OS/c1-8-7-17-13(15-8)6-14-10(3)12-5-9(2)16-11(12)4/h5,7,10,14H,6H2,1-4H3. The summed E-state index contributed by atoms with van der Waals surface area (Å²) in [6.07, 6.45) is 0. The highest BCUT2D eigenvalue weighted by Crippen LogP contribution is 2.21. The van der Waals surface area contributed by atoms with Gasteiger partial charge in [0.15, 0.2) is 0 Å². The van der Waals surface area contributed by atoms with Gasteiger partial charge in [-0.2, -0.15) is 0 Å². The van der Waals surface area contributed by atoms with Crippen molar-refractivity contribution in [1.29, 1.82) is 0 Å². The lowest BCUT2D eigenvalue weighted by Crippen LogP contribution is -2.18. The van der Waals surface area contributed by atoms with Crippen molar-refractivity contribution in [2.45, 2.75) is 40.3 Å². The molecule has 2 rings (SSSR count). The SMILES string of the molecule is Cc1csc(CNC(C)c2cc(C)oc2C)n1. The van der Waals surface area contributed by atoms with E-state index in [1.165, 1.54) is 5.56 Å². The third kappa shape index (κ3) is 2.96. The van der Waals surface area contributed by atoms with E-state index >= 15 is 0 Å². The van der Waals surface area contributed by atoms with Crippen LogP contribution >= 0.6 is 11.3 Å². The quantitative estimate of drug-likeness (QED) is 0.902. The minimum Gasteiger partial charge on any atom is -0.466 e. The lowest BCUT2D eigenvalue weighted by atomic mass is 10.1. The third-order valence-corrected chi connectivity index (χ3v) is 3.74. The lowest BCUT2D eigenvalue weighted by molar-refractivity contribution is 0.489. The number of hydrogen-bond acceptors (Lipinski definition) is 4. The Morgan fingerprint density at radius 3 is 2.71 bits per heavy atom. The topological polar surface area (TPSA) is 38.1 Å². The van der Waals surface area contributed by atoms with Crippen LogP contribution in [0.3, 0.4) is 0 Å². The molecule has 4 heteroatoms. The van der Waals surface area contributed by atoms with Crippen molar-refractivity contribution in [1.82, 2.24) is 10.3 Å². The van der Waals surface area contributed by atoms with Gasteiger partial charge in [-0.05, 0) is 33.8 Å². The Bertz CT molecular complexity index is 501. The van der Waals surface area contributed by atoms with Gasteiger partial charge in [0.05, 0.1) is 0 Å². The van der Waals surface area contributed by atoms with Gasteiger partial charge in [-0.3, -0.25) is 0 Å². The molecule has 0 aliphatic heterocycles. The fourth-order valence-corrected chi connectivity index (χ4v) is 2.64. The molecule has 0 saturated carbocycles. The van der Waals surface area contributed by atoms with Crippen LogP contribution in [-0.4, -0.2) is 4.98 Å². The summed E-state index contributed by atoms with van der Waals surface area (Å²) in [5.41, 5.74) is 2.32. The van der Waals surface area contributed by atoms with E-state index < -0.39 is 0 Å². The molecule has 2 aromatic rings. The largest absolute Gasteiger partial charge is 0.466 e. The average molecular weight is 250 g/mol. The summed E-state index contributed by atoms with van der Waals surface area (Å²) in [5.74, 6) is 1.97. The summed E-state index contributed by atoms with van der Waals surface area (Å²) in [7, 11) is 0. The Hall–Kier alpha value is -1.13. The fraction of sp³-hybridized carbons (Fsp3) is 0.462. The van der Waals surface area contributed by atoms with Crippen LogP contribution in [-0.2, 0) is 6.54 Å². The highest BCUT2D eigenvalue weighted by molar-refractivity contribution is 7.09. The number of aromatic nitrogens is 1. The van der Waals surface area contributed by atoms with Gasteiger partial charge in [0.1, 0.15) is 16.5 Å². The van der Waals surface area contributed by atoms with Gasteiger partial charge in [0, 0.05) is 29.2 Å². The molecule has 1 atom stereocenters. The monoisotopic (exact) mass is 250 g/mol. The number of nitrogens with one attached hydrogen (secondary N) is 1. The summed E-state index contributed by atoms with van der Waals surface area (Å²) in [6.45, 7) is 8.97. The van der Waals surface area contributed by atoms with Gasteiger partial charge in [-0.1, -0.05) is 0 Å². The Balaban J connectivity index is 1.97. The molecule has 0 radical (unpaired) electrons. The minimum absolute atomic E-state index is 0.289. The van der Waals surface area contributed by atoms with E-state index in [2.05, 4.69) is 28.7 Å². The second-order valence-corrected chi connectivity index (χ2v) is 5.30. The van der Waals surface area contributed by atoms with Gasteiger partial charge in [-0.25, -0.2) is 4.98 Å². The summed E-state index contributed by atoms with van der Waals surface area (Å²) >= 11 is 1.70. The van der Waals surface area contributed by atoms with E-state index in [1.54, 1.807) is 11.3 Å². The zero-order valence-electron chi connectivity index (χ0n) is 10.7. The summed E-state index contributed by atoms with van der Waals surface area (Å²) in [4.78, 5) is 4.44. The highest BCUT2D eigenvalue weighted by Gasteiger charge is 2.12. The Morgan fingerprint density at radius 2 is 2.18 bits per heavy atom. The van der Waals surface area contributed by atoms with E-state index in [4.69, 9.17) is 4.42 Å². The Morgan fingerprint density at radius 1 is 1.41 bits per heavy atom. The Kier molecular flexibility index (Phi) is 3.64. The molecule has 1 unspecified atom stereocenters. The highest BCUT2D eigenvalue weighted by atomic mass is 32.1. The van der Waals surface area contributed by atoms with Gasteiger partial charge in [0.25, 0.3) is 0 Å². The van der Waals surface area contributed by atoms with Crippen LogP contribution in [0.25, 0.3) is 0 Å². The summed E-state index contributed by atoms with van der Waals surface area (Å²) in [5, 5.41) is 6.68. The van der Waals surface area contributed by atoms with Crippen molar-refractivity contribution in [3.63, 3.8) is 0 Å². The molecule has 17 heavy (non-hydrogen) atoms. The summed E-state index contributed by atoms with van der Waals surface area (Å²) < 4.78 is 5.54. The van der Waals surface area contributed by atoms with Crippen LogP contribution in [0.4, 0.5) is 0 Å². The predicted octanol–water partition coefficient (Wildman–Crippen LogP) is 3.51. The molecule has 1 N–H and O–H groups in total. The van der Waals surface area contributed by atoms with Gasteiger partial charge >= 0.3 is 0 Å². The van der Waals surface area contributed by atoms with Crippen molar-refractivity contribution >= 4 is 11.3 Å². The van der Waals surface area contributed by atoms with Crippen LogP contribution in [0.5, 0.6) is 0 Å². The van der Waals surface area contributed by atoms with Crippen molar-refractivity contribution in [3.8, 4) is 0 Å². The maximum Gasteiger partial charge on any atom is 0.107 e. The van der Waals surface area contributed by atoms with Crippen LogP contribution in [0.15, 0.2) is 15.9 Å². The second kappa shape index (κ2) is 5.02. The van der Waals surface area contributed by atoms with Crippen LogP contribution < -0.4 is 5.32 Å². The molecule has 0 aromatic carbocycles. The first-order chi connectivity index (χ1) is 8.06. The molecule has 0 bridgehead atoms. The number of hydrogen-bond donors (Lipinski definition) is 1. The second-order valence-electron chi connectivity index (χ2n) is 4.35. The predicted molar refractivity (Wildman–Crippen MR) is 70.3 cm³/mol. The normalized spacial score (nSPS) is 12.9. The maximum atomic E-state index is 5.54. The molecule has 0 aliphatic rings. The molecule has 0 saturated heterocycles. The molecule has 0 spiro atoms. The molecular weight excluding hydrogens is 232 g/mol. The van der Waals surface area contributed by atoms with Gasteiger partial charge < -0.3 is 9.73 Å².